The first-order chi connectivity index (χ1) is 22.5. The van der Waals surface area contributed by atoms with Crippen molar-refractivity contribution in [3.63, 3.8) is 0 Å². The van der Waals surface area contributed by atoms with Gasteiger partial charge in [0.15, 0.2) is 0 Å². The minimum atomic E-state index is -2.89. The normalized spacial score (nSPS) is 26.0. The van der Waals surface area contributed by atoms with E-state index in [1.165, 1.54) is 96.3 Å². The Morgan fingerprint density at radius 2 is 1.57 bits per heavy atom. The molecule has 2 aromatic rings. The molecule has 1 saturated heterocycles. The van der Waals surface area contributed by atoms with Crippen molar-refractivity contribution < 1.29 is 9.09 Å². The molecule has 2 saturated carbocycles. The van der Waals surface area contributed by atoms with Gasteiger partial charge in [-0.2, -0.15) is 9.97 Å². The lowest BCUT2D eigenvalue weighted by molar-refractivity contribution is 0.259. The van der Waals surface area contributed by atoms with Gasteiger partial charge in [-0.25, -0.2) is 0 Å². The van der Waals surface area contributed by atoms with Crippen LogP contribution in [0.3, 0.4) is 0 Å². The van der Waals surface area contributed by atoms with Crippen LogP contribution in [0.1, 0.15) is 102 Å². The number of benzene rings is 1. The minimum absolute atomic E-state index is 0.404. The van der Waals surface area contributed by atoms with Gasteiger partial charge in [-0.1, -0.05) is 102 Å². The molecular weight excluding hydrogens is 593 g/mol. The first-order valence-corrected chi connectivity index (χ1v) is 20.3. The molecule has 6 rings (SSSR count). The van der Waals surface area contributed by atoms with E-state index in [4.69, 9.17) is 15.2 Å². The first-order valence-electron chi connectivity index (χ1n) is 18.5. The van der Waals surface area contributed by atoms with Crippen LogP contribution >= 0.6 is 7.52 Å². The summed E-state index contributed by atoms with van der Waals surface area (Å²) in [5.41, 5.74) is 8.22. The maximum absolute atomic E-state index is 13.3. The molecule has 10 heteroatoms. The number of hydrogen-bond donors (Lipinski definition) is 3. The molecule has 1 aromatic heterocycles. The third-order valence-electron chi connectivity index (χ3n) is 11.1. The van der Waals surface area contributed by atoms with Gasteiger partial charge in [0.05, 0.1) is 12.8 Å². The van der Waals surface area contributed by atoms with Crippen LogP contribution in [0.5, 0.6) is 0 Å². The van der Waals surface area contributed by atoms with Crippen molar-refractivity contribution in [3.05, 3.63) is 35.9 Å². The summed E-state index contributed by atoms with van der Waals surface area (Å²) in [4.78, 5) is 14.0. The summed E-state index contributed by atoms with van der Waals surface area (Å²) in [6.07, 6.45) is 21.9. The Labute approximate surface area is 277 Å². The Balaban J connectivity index is 0.858. The molecule has 46 heavy (non-hydrogen) atoms. The zero-order valence-corrected chi connectivity index (χ0v) is 28.9. The predicted molar refractivity (Wildman–Crippen MR) is 191 cm³/mol. The molecule has 2 aliphatic carbocycles. The van der Waals surface area contributed by atoms with Crippen molar-refractivity contribution in [1.29, 1.82) is 0 Å². The summed E-state index contributed by atoms with van der Waals surface area (Å²) in [5.74, 6) is 4.70. The van der Waals surface area contributed by atoms with Crippen LogP contribution in [-0.2, 0) is 15.7 Å². The Bertz CT molecular complexity index is 1270. The number of unbranched alkanes of at least 4 members (excludes halogenated alkanes) is 3. The van der Waals surface area contributed by atoms with Crippen molar-refractivity contribution in [2.45, 2.75) is 103 Å². The summed E-state index contributed by atoms with van der Waals surface area (Å²) in [5, 5.41) is 6.71. The van der Waals surface area contributed by atoms with E-state index in [-0.39, 0.29) is 0 Å². The van der Waals surface area contributed by atoms with Crippen molar-refractivity contribution in [1.82, 2.24) is 14.9 Å². The summed E-state index contributed by atoms with van der Waals surface area (Å²) < 4.78 is 19.1. The topological polar surface area (TPSA) is 109 Å². The summed E-state index contributed by atoms with van der Waals surface area (Å²) in [6.45, 7) is 5.53. The van der Waals surface area contributed by atoms with Crippen LogP contribution in [0.2, 0.25) is 0 Å². The minimum Gasteiger partial charge on any atom is -0.383 e. The third kappa shape index (κ3) is 9.84. The zero-order chi connectivity index (χ0) is 31.6. The van der Waals surface area contributed by atoms with E-state index < -0.39 is 7.52 Å². The van der Waals surface area contributed by atoms with Gasteiger partial charge in [-0.15, -0.1) is 0 Å². The first kappa shape index (κ1) is 33.5. The number of anilines is 4. The van der Waals surface area contributed by atoms with Crippen molar-refractivity contribution in [2.75, 3.05) is 66.5 Å². The van der Waals surface area contributed by atoms with Crippen molar-refractivity contribution >= 4 is 30.8 Å². The van der Waals surface area contributed by atoms with E-state index in [1.54, 1.807) is 0 Å². The number of nitrogens with one attached hydrogen (secondary N) is 2. The highest BCUT2D eigenvalue weighted by Crippen LogP contribution is 2.51. The van der Waals surface area contributed by atoms with E-state index in [9.17, 15) is 4.57 Å². The number of rotatable bonds is 14. The highest BCUT2D eigenvalue weighted by atomic mass is 31.2. The van der Waals surface area contributed by atoms with E-state index in [1.807, 2.05) is 30.3 Å². The number of piperazine rings is 1. The highest BCUT2D eigenvalue weighted by molar-refractivity contribution is 7.60. The molecule has 1 aromatic carbocycles. The second-order valence-electron chi connectivity index (χ2n) is 14.5. The van der Waals surface area contributed by atoms with Crippen LogP contribution in [-0.4, -0.2) is 60.3 Å². The maximum atomic E-state index is 13.3. The molecule has 1 unspecified atom stereocenters. The summed E-state index contributed by atoms with van der Waals surface area (Å²) >= 11 is 0. The van der Waals surface area contributed by atoms with Gasteiger partial charge in [0.1, 0.15) is 11.6 Å². The Morgan fingerprint density at radius 1 is 0.870 bits per heavy atom. The van der Waals surface area contributed by atoms with Gasteiger partial charge in [0.2, 0.25) is 5.95 Å². The second-order valence-corrected chi connectivity index (χ2v) is 16.8. The van der Waals surface area contributed by atoms with E-state index in [0.717, 1.165) is 68.2 Å². The van der Waals surface area contributed by atoms with E-state index in [0.29, 0.717) is 30.5 Å². The number of hydrogen-bond acceptors (Lipinski definition) is 8. The van der Waals surface area contributed by atoms with E-state index >= 15 is 0 Å². The molecule has 3 heterocycles. The molecule has 9 nitrogen and oxygen atoms in total. The number of nitrogens with zero attached hydrogens (tertiary/aromatic N) is 4. The van der Waals surface area contributed by atoms with E-state index in [2.05, 4.69) is 25.2 Å². The lowest BCUT2D eigenvalue weighted by atomic mass is 9.79. The molecule has 0 spiro atoms. The lowest BCUT2D eigenvalue weighted by Gasteiger charge is -2.36. The molecule has 254 valence electrons. The van der Waals surface area contributed by atoms with Crippen molar-refractivity contribution in [2.24, 2.45) is 17.8 Å². The number of aromatic nitrogens is 2. The standard InChI is InChI=1S/C36H58N7O2P/c37-34-26-35(43-22-20-42(21-23-43)24-25-46(44)41-33-15-9-8-14-32(33)28-45-46)40-36(39-34)38-27-31-18-16-30(17-19-31)13-5-2-1-4-10-29-11-6-3-7-12-29/h8-9,14-15,26,29-31H,1-7,10-13,16-25,27-28H2,(H,41,44)(H3,37,38,39,40). The molecule has 4 N–H and O–H groups in total. The molecule has 0 amide bonds. The highest BCUT2D eigenvalue weighted by Gasteiger charge is 2.30. The van der Waals surface area contributed by atoms with Crippen LogP contribution in [0.4, 0.5) is 23.3 Å². The van der Waals surface area contributed by atoms with Crippen LogP contribution < -0.4 is 21.0 Å². The van der Waals surface area contributed by atoms with Gasteiger partial charge in [-0.3, -0.25) is 9.46 Å². The maximum Gasteiger partial charge on any atom is 0.295 e. The smallest absolute Gasteiger partial charge is 0.295 e. The number of nitrogen functional groups attached to an aromatic ring is 1. The second kappa shape index (κ2) is 16.7. The fourth-order valence-corrected chi connectivity index (χ4v) is 9.87. The molecule has 3 fully saturated rings. The Kier molecular flexibility index (Phi) is 12.1. The number of fused-ring (bicyclic) bond motifs is 1. The van der Waals surface area contributed by atoms with Gasteiger partial charge in [0, 0.05) is 56.6 Å². The van der Waals surface area contributed by atoms with Crippen molar-refractivity contribution in [3.8, 4) is 0 Å². The fourth-order valence-electron chi connectivity index (χ4n) is 8.09. The van der Waals surface area contributed by atoms with Gasteiger partial charge < -0.3 is 25.6 Å². The number of para-hydroxylation sites is 1. The summed E-state index contributed by atoms with van der Waals surface area (Å²) in [6, 6.07) is 9.82. The molecule has 4 aliphatic rings. The number of nitrogens with two attached hydrogens (primary N) is 1. The van der Waals surface area contributed by atoms with Crippen LogP contribution in [0.15, 0.2) is 30.3 Å². The van der Waals surface area contributed by atoms with Crippen LogP contribution in [0, 0.1) is 17.8 Å². The molecule has 1 atom stereocenters. The van der Waals surface area contributed by atoms with Crippen LogP contribution in [0.25, 0.3) is 0 Å². The Morgan fingerprint density at radius 3 is 2.33 bits per heavy atom. The average molecular weight is 652 g/mol. The summed E-state index contributed by atoms with van der Waals surface area (Å²) in [7, 11) is -2.89. The van der Waals surface area contributed by atoms with Gasteiger partial charge >= 0.3 is 0 Å². The molecule has 0 bridgehead atoms. The molecular formula is C36H58N7O2P. The quantitative estimate of drug-likeness (QED) is 0.138. The average Bonchev–Trinajstić information content (AvgIpc) is 3.09. The fraction of sp³-hybridized carbons (Fsp3) is 0.722. The van der Waals surface area contributed by atoms with Gasteiger partial charge in [0.25, 0.3) is 7.52 Å². The molecule has 0 radical (unpaired) electrons. The SMILES string of the molecule is Nc1cc(N2CCN(CCP3(=O)Nc4ccccc4CO3)CC2)nc(NCC2CCC(CCCCCCC3CCCCC3)CC2)n1. The lowest BCUT2D eigenvalue weighted by Crippen LogP contribution is -2.47. The Hall–Kier alpha value is -2.35. The predicted octanol–water partition coefficient (Wildman–Crippen LogP) is 8.16. The zero-order valence-electron chi connectivity index (χ0n) is 28.0. The largest absolute Gasteiger partial charge is 0.383 e. The van der Waals surface area contributed by atoms with Gasteiger partial charge in [-0.05, 0) is 36.7 Å². The molecule has 2 aliphatic heterocycles. The monoisotopic (exact) mass is 651 g/mol. The third-order valence-corrected chi connectivity index (χ3v) is 13.0.